The lowest BCUT2D eigenvalue weighted by molar-refractivity contribution is -0.140. The predicted octanol–water partition coefficient (Wildman–Crippen LogP) is 4.39. The lowest BCUT2D eigenvalue weighted by Crippen LogP contribution is -2.61. The van der Waals surface area contributed by atoms with Crippen LogP contribution in [0.25, 0.3) is 0 Å². The zero-order valence-electron chi connectivity index (χ0n) is 27.2. The summed E-state index contributed by atoms with van der Waals surface area (Å²) in [6.07, 6.45) is 1.68. The average Bonchev–Trinajstić information content (AvgIpc) is 2.85. The summed E-state index contributed by atoms with van der Waals surface area (Å²) in [6.45, 7) is 20.4. The molecule has 0 radical (unpaired) electrons. The number of benzene rings is 1. The maximum Gasteiger partial charge on any atom is 0.338 e. The number of hydrogen-bond acceptors (Lipinski definition) is 7. The predicted molar refractivity (Wildman–Crippen MR) is 161 cm³/mol. The molecule has 1 unspecified atom stereocenters. The Hall–Kier alpha value is -3.20. The van der Waals surface area contributed by atoms with Crippen molar-refractivity contribution in [2.24, 2.45) is 5.41 Å². The standard InChI is InChI=1S/C32H51N3O6/c1-14-40-28(38)20(2)19-21(3)35(13)27(37)25(30(4,5)6)34-26(36)24(33-12)32(10,11)23-17-15-22(16-18-23)29(39)41-31(7,8)9/h15-19,21,24-25,33H,14H2,1-13H3,(H,34,36)/b20-19+/t21-,24+,25?/m0/s1. The second-order valence-corrected chi connectivity index (χ2v) is 13.1. The first kappa shape index (κ1) is 35.8. The molecule has 0 heterocycles. The molecule has 0 saturated carbocycles. The second-order valence-electron chi connectivity index (χ2n) is 13.1. The molecule has 0 saturated heterocycles. The van der Waals surface area contributed by atoms with Crippen molar-refractivity contribution in [3.05, 3.63) is 47.0 Å². The number of ether oxygens (including phenoxy) is 2. The van der Waals surface area contributed by atoms with Crippen LogP contribution in [0.15, 0.2) is 35.9 Å². The fourth-order valence-electron chi connectivity index (χ4n) is 4.42. The van der Waals surface area contributed by atoms with E-state index in [1.165, 1.54) is 4.90 Å². The van der Waals surface area contributed by atoms with Gasteiger partial charge in [-0.3, -0.25) is 9.59 Å². The third-order valence-electron chi connectivity index (χ3n) is 6.98. The molecule has 230 valence electrons. The first-order chi connectivity index (χ1) is 18.7. The average molecular weight is 574 g/mol. The molecule has 0 aromatic heterocycles. The van der Waals surface area contributed by atoms with Crippen LogP contribution in [-0.4, -0.2) is 73.1 Å². The third kappa shape index (κ3) is 9.99. The fourth-order valence-corrected chi connectivity index (χ4v) is 4.42. The molecule has 0 aliphatic rings. The largest absolute Gasteiger partial charge is 0.463 e. The van der Waals surface area contributed by atoms with Gasteiger partial charge in [0, 0.05) is 24.1 Å². The molecule has 9 nitrogen and oxygen atoms in total. The highest BCUT2D eigenvalue weighted by atomic mass is 16.6. The van der Waals surface area contributed by atoms with Crippen molar-refractivity contribution < 1.29 is 28.7 Å². The number of nitrogens with one attached hydrogen (secondary N) is 2. The minimum Gasteiger partial charge on any atom is -0.463 e. The van der Waals surface area contributed by atoms with Crippen molar-refractivity contribution in [1.29, 1.82) is 0 Å². The van der Waals surface area contributed by atoms with Crippen molar-refractivity contribution >= 4 is 23.8 Å². The Morgan fingerprint density at radius 2 is 1.49 bits per heavy atom. The van der Waals surface area contributed by atoms with Gasteiger partial charge < -0.3 is 25.0 Å². The van der Waals surface area contributed by atoms with Crippen LogP contribution in [0.3, 0.4) is 0 Å². The molecule has 1 rings (SSSR count). The maximum absolute atomic E-state index is 13.7. The number of carbonyl (C=O) groups is 4. The summed E-state index contributed by atoms with van der Waals surface area (Å²) in [5.74, 6) is -1.46. The molecular formula is C32H51N3O6. The van der Waals surface area contributed by atoms with Crippen LogP contribution in [0.5, 0.6) is 0 Å². The molecule has 0 aliphatic carbocycles. The summed E-state index contributed by atoms with van der Waals surface area (Å²) in [5.41, 5.74) is -0.234. The summed E-state index contributed by atoms with van der Waals surface area (Å²) in [4.78, 5) is 53.4. The smallest absolute Gasteiger partial charge is 0.338 e. The lowest BCUT2D eigenvalue weighted by Gasteiger charge is -2.39. The van der Waals surface area contributed by atoms with E-state index in [0.717, 1.165) is 5.56 Å². The van der Waals surface area contributed by atoms with Crippen LogP contribution < -0.4 is 10.6 Å². The van der Waals surface area contributed by atoms with Gasteiger partial charge in [0.2, 0.25) is 11.8 Å². The molecule has 0 aliphatic heterocycles. The van der Waals surface area contributed by atoms with Gasteiger partial charge in [0.05, 0.1) is 18.2 Å². The van der Waals surface area contributed by atoms with E-state index < -0.39 is 46.5 Å². The molecule has 3 atom stereocenters. The number of likely N-dealkylation sites (N-methyl/N-ethyl adjacent to an activating group) is 2. The van der Waals surface area contributed by atoms with Crippen LogP contribution >= 0.6 is 0 Å². The number of amides is 2. The van der Waals surface area contributed by atoms with Gasteiger partial charge in [0.15, 0.2) is 0 Å². The maximum atomic E-state index is 13.7. The first-order valence-corrected chi connectivity index (χ1v) is 14.1. The minimum atomic E-state index is -0.833. The highest BCUT2D eigenvalue weighted by Gasteiger charge is 2.41. The number of esters is 2. The van der Waals surface area contributed by atoms with Crippen LogP contribution in [-0.2, 0) is 29.3 Å². The van der Waals surface area contributed by atoms with Gasteiger partial charge in [0.1, 0.15) is 11.6 Å². The van der Waals surface area contributed by atoms with Gasteiger partial charge in [-0.1, -0.05) is 52.8 Å². The second kappa shape index (κ2) is 14.1. The minimum absolute atomic E-state index is 0.266. The van der Waals surface area contributed by atoms with E-state index in [2.05, 4.69) is 10.6 Å². The van der Waals surface area contributed by atoms with Gasteiger partial charge >= 0.3 is 11.9 Å². The lowest BCUT2D eigenvalue weighted by atomic mass is 9.76. The van der Waals surface area contributed by atoms with Crippen LogP contribution in [0.1, 0.15) is 92.1 Å². The molecule has 9 heteroatoms. The van der Waals surface area contributed by atoms with Crippen molar-refractivity contribution in [3.63, 3.8) is 0 Å². The van der Waals surface area contributed by atoms with Gasteiger partial charge in [-0.2, -0.15) is 0 Å². The number of nitrogens with zero attached hydrogens (tertiary/aromatic N) is 1. The first-order valence-electron chi connectivity index (χ1n) is 14.1. The van der Waals surface area contributed by atoms with Crippen molar-refractivity contribution in [2.75, 3.05) is 20.7 Å². The fraction of sp³-hybridized carbons (Fsp3) is 0.625. The van der Waals surface area contributed by atoms with E-state index in [9.17, 15) is 19.2 Å². The summed E-state index contributed by atoms with van der Waals surface area (Å²) in [6, 6.07) is 5.09. The van der Waals surface area contributed by atoms with Gasteiger partial charge in [0.25, 0.3) is 0 Å². The highest BCUT2D eigenvalue weighted by molar-refractivity contribution is 5.92. The zero-order valence-corrected chi connectivity index (χ0v) is 27.2. The molecule has 2 N–H and O–H groups in total. The van der Waals surface area contributed by atoms with E-state index in [0.29, 0.717) is 11.1 Å². The van der Waals surface area contributed by atoms with Crippen molar-refractivity contribution in [3.8, 4) is 0 Å². The van der Waals surface area contributed by atoms with E-state index in [1.54, 1.807) is 46.2 Å². The van der Waals surface area contributed by atoms with E-state index >= 15 is 0 Å². The van der Waals surface area contributed by atoms with Crippen LogP contribution in [0.2, 0.25) is 0 Å². The summed E-state index contributed by atoms with van der Waals surface area (Å²) >= 11 is 0. The van der Waals surface area contributed by atoms with Gasteiger partial charge in [-0.25, -0.2) is 9.59 Å². The molecule has 2 amide bonds. The van der Waals surface area contributed by atoms with Crippen LogP contribution in [0.4, 0.5) is 0 Å². The third-order valence-corrected chi connectivity index (χ3v) is 6.98. The van der Waals surface area contributed by atoms with E-state index in [-0.39, 0.29) is 18.4 Å². The monoisotopic (exact) mass is 573 g/mol. The molecule has 1 aromatic carbocycles. The molecule has 0 spiro atoms. The molecule has 0 fully saturated rings. The van der Waals surface area contributed by atoms with Crippen LogP contribution in [0, 0.1) is 5.41 Å². The summed E-state index contributed by atoms with van der Waals surface area (Å²) < 4.78 is 10.5. The Kier molecular flexibility index (Phi) is 12.3. The Labute approximate surface area is 246 Å². The Balaban J connectivity index is 3.21. The summed E-state index contributed by atoms with van der Waals surface area (Å²) in [5, 5.41) is 6.11. The highest BCUT2D eigenvalue weighted by Crippen LogP contribution is 2.29. The Morgan fingerprint density at radius 1 is 0.951 bits per heavy atom. The van der Waals surface area contributed by atoms with E-state index in [4.69, 9.17) is 9.47 Å². The Morgan fingerprint density at radius 3 is 1.93 bits per heavy atom. The van der Waals surface area contributed by atoms with E-state index in [1.807, 2.05) is 74.4 Å². The van der Waals surface area contributed by atoms with Crippen molar-refractivity contribution in [2.45, 2.75) is 105 Å². The number of hydrogen-bond donors (Lipinski definition) is 2. The quantitative estimate of drug-likeness (QED) is 0.298. The Bertz CT molecular complexity index is 1110. The van der Waals surface area contributed by atoms with Gasteiger partial charge in [-0.15, -0.1) is 0 Å². The van der Waals surface area contributed by atoms with Crippen molar-refractivity contribution in [1.82, 2.24) is 15.5 Å². The molecular weight excluding hydrogens is 522 g/mol. The zero-order chi connectivity index (χ0) is 31.9. The molecule has 1 aromatic rings. The summed E-state index contributed by atoms with van der Waals surface area (Å²) in [7, 11) is 3.35. The normalized spacial score (nSPS) is 14.9. The number of rotatable bonds is 11. The van der Waals surface area contributed by atoms with Gasteiger partial charge in [-0.05, 0) is 71.7 Å². The SMILES string of the molecule is CCOC(=O)/C(C)=C/[C@H](C)N(C)C(=O)C(NC(=O)[C@@H](NC)C(C)(C)c1ccc(C(=O)OC(C)(C)C)cc1)C(C)(C)C. The number of carbonyl (C=O) groups excluding carboxylic acids is 4. The molecule has 41 heavy (non-hydrogen) atoms. The topological polar surface area (TPSA) is 114 Å². The molecule has 0 bridgehead atoms.